The van der Waals surface area contributed by atoms with Gasteiger partial charge in [-0.1, -0.05) is 24.3 Å². The molecule has 0 fully saturated rings. The molecule has 1 atom stereocenters. The number of benzene rings is 2. The van der Waals surface area contributed by atoms with Crippen molar-refractivity contribution in [2.24, 2.45) is 0 Å². The number of nitrogens with one attached hydrogen (secondary N) is 1. The lowest BCUT2D eigenvalue weighted by molar-refractivity contribution is -0.123. The molecular weight excluding hydrogens is 454 g/mol. The molecule has 0 bridgehead atoms. The maximum Gasteiger partial charge on any atom is 0.357 e. The van der Waals surface area contributed by atoms with Crippen LogP contribution in [0.3, 0.4) is 0 Å². The summed E-state index contributed by atoms with van der Waals surface area (Å²) in [5.41, 5.74) is 1.97. The normalized spacial score (nSPS) is 11.5. The summed E-state index contributed by atoms with van der Waals surface area (Å²) in [6, 6.07) is 19.8. The Morgan fingerprint density at radius 3 is 2.47 bits per heavy atom. The minimum Gasteiger partial charge on any atom is -0.497 e. The summed E-state index contributed by atoms with van der Waals surface area (Å²) in [6.07, 6.45) is -1.08. The van der Waals surface area contributed by atoms with E-state index in [1.54, 1.807) is 24.3 Å². The predicted octanol–water partition coefficient (Wildman–Crippen LogP) is 4.80. The Bertz CT molecular complexity index is 1290. The quantitative estimate of drug-likeness (QED) is 0.367. The summed E-state index contributed by atoms with van der Waals surface area (Å²) in [5.74, 6) is -0.174. The monoisotopic (exact) mass is 477 g/mol. The van der Waals surface area contributed by atoms with Gasteiger partial charge in [0.25, 0.3) is 5.91 Å². The van der Waals surface area contributed by atoms with Crippen molar-refractivity contribution in [3.63, 3.8) is 0 Å². The van der Waals surface area contributed by atoms with E-state index in [0.717, 1.165) is 4.88 Å². The van der Waals surface area contributed by atoms with Crippen molar-refractivity contribution in [2.45, 2.75) is 13.0 Å². The Balaban J connectivity index is 1.56. The molecular formula is C25H23N3O5S. The van der Waals surface area contributed by atoms with Gasteiger partial charge in [0.2, 0.25) is 0 Å². The van der Waals surface area contributed by atoms with Crippen LogP contribution in [0.15, 0.2) is 72.1 Å². The molecule has 1 N–H and O–H groups in total. The molecule has 8 nitrogen and oxygen atoms in total. The lowest BCUT2D eigenvalue weighted by Gasteiger charge is -2.16. The van der Waals surface area contributed by atoms with Crippen molar-refractivity contribution < 1.29 is 23.8 Å². The van der Waals surface area contributed by atoms with Crippen LogP contribution in [-0.4, -0.2) is 42.0 Å². The molecule has 1 amide bonds. The van der Waals surface area contributed by atoms with E-state index in [2.05, 4.69) is 10.4 Å². The SMILES string of the molecule is COc1ccc(OC)c(NC(=O)C(C)OC(=O)c2cc(-c3cccs3)nn2-c2ccccc2)c1. The van der Waals surface area contributed by atoms with E-state index in [9.17, 15) is 9.59 Å². The number of hydrogen-bond donors (Lipinski definition) is 1. The van der Waals surface area contributed by atoms with Gasteiger partial charge in [0.1, 0.15) is 17.2 Å². The topological polar surface area (TPSA) is 91.7 Å². The first-order valence-electron chi connectivity index (χ1n) is 10.4. The number of methoxy groups -OCH3 is 2. The van der Waals surface area contributed by atoms with Gasteiger partial charge >= 0.3 is 5.97 Å². The first kappa shape index (κ1) is 23.1. The zero-order valence-corrected chi connectivity index (χ0v) is 19.7. The molecule has 2 aromatic heterocycles. The fourth-order valence-corrected chi connectivity index (χ4v) is 3.94. The highest BCUT2D eigenvalue weighted by molar-refractivity contribution is 7.13. The van der Waals surface area contributed by atoms with Crippen LogP contribution in [0.1, 0.15) is 17.4 Å². The lowest BCUT2D eigenvalue weighted by Crippen LogP contribution is -2.30. The fourth-order valence-electron chi connectivity index (χ4n) is 3.26. The number of esters is 1. The number of rotatable bonds is 8. The molecule has 0 aliphatic rings. The van der Waals surface area contributed by atoms with Gasteiger partial charge in [-0.2, -0.15) is 5.10 Å². The van der Waals surface area contributed by atoms with Crippen LogP contribution in [0.5, 0.6) is 11.5 Å². The smallest absolute Gasteiger partial charge is 0.357 e. The molecule has 4 rings (SSSR count). The third kappa shape index (κ3) is 4.94. The summed E-state index contributed by atoms with van der Waals surface area (Å²) in [7, 11) is 3.02. The molecule has 2 heterocycles. The number of amides is 1. The Labute approximate surface area is 200 Å². The second-order valence-corrected chi connectivity index (χ2v) is 8.19. The maximum atomic E-state index is 13.1. The third-order valence-corrected chi connectivity index (χ3v) is 5.90. The van der Waals surface area contributed by atoms with E-state index in [1.165, 1.54) is 37.2 Å². The van der Waals surface area contributed by atoms with Crippen molar-refractivity contribution in [3.05, 3.63) is 77.8 Å². The molecule has 174 valence electrons. The van der Waals surface area contributed by atoms with Crippen molar-refractivity contribution in [2.75, 3.05) is 19.5 Å². The van der Waals surface area contributed by atoms with E-state index in [-0.39, 0.29) is 5.69 Å². The molecule has 0 saturated heterocycles. The predicted molar refractivity (Wildman–Crippen MR) is 130 cm³/mol. The van der Waals surface area contributed by atoms with Crippen LogP contribution in [0, 0.1) is 0 Å². The van der Waals surface area contributed by atoms with Gasteiger partial charge in [0, 0.05) is 12.1 Å². The van der Waals surface area contributed by atoms with Crippen LogP contribution >= 0.6 is 11.3 Å². The Hall–Kier alpha value is -4.11. The third-order valence-electron chi connectivity index (χ3n) is 5.01. The number of carbonyl (C=O) groups excluding carboxylic acids is 2. The Kier molecular flexibility index (Phi) is 6.93. The molecule has 2 aromatic carbocycles. The first-order chi connectivity index (χ1) is 16.5. The molecule has 1 unspecified atom stereocenters. The summed E-state index contributed by atoms with van der Waals surface area (Å²) in [6.45, 7) is 1.50. The maximum absolute atomic E-state index is 13.1. The van der Waals surface area contributed by atoms with Crippen molar-refractivity contribution in [3.8, 4) is 27.8 Å². The minimum atomic E-state index is -1.08. The minimum absolute atomic E-state index is 0.216. The Morgan fingerprint density at radius 1 is 1.00 bits per heavy atom. The second-order valence-electron chi connectivity index (χ2n) is 7.24. The second kappa shape index (κ2) is 10.2. The number of nitrogens with zero attached hydrogens (tertiary/aromatic N) is 2. The number of carbonyl (C=O) groups is 2. The number of hydrogen-bond acceptors (Lipinski definition) is 7. The Morgan fingerprint density at radius 2 is 1.79 bits per heavy atom. The molecule has 9 heteroatoms. The molecule has 4 aromatic rings. The molecule has 34 heavy (non-hydrogen) atoms. The van der Waals surface area contributed by atoms with Crippen LogP contribution in [0.25, 0.3) is 16.3 Å². The van der Waals surface area contributed by atoms with Gasteiger partial charge in [0.15, 0.2) is 11.8 Å². The summed E-state index contributed by atoms with van der Waals surface area (Å²) in [4.78, 5) is 26.8. The van der Waals surface area contributed by atoms with Gasteiger partial charge in [-0.3, -0.25) is 4.79 Å². The summed E-state index contributed by atoms with van der Waals surface area (Å²) in [5, 5.41) is 9.26. The van der Waals surface area contributed by atoms with E-state index < -0.39 is 18.0 Å². The molecule has 0 saturated carbocycles. The molecule has 0 aliphatic carbocycles. The lowest BCUT2D eigenvalue weighted by atomic mass is 10.2. The highest BCUT2D eigenvalue weighted by Gasteiger charge is 2.25. The number of aromatic nitrogens is 2. The number of thiophene rings is 1. The van der Waals surface area contributed by atoms with E-state index >= 15 is 0 Å². The molecule has 0 radical (unpaired) electrons. The zero-order valence-electron chi connectivity index (χ0n) is 18.8. The average Bonchev–Trinajstić information content (AvgIpc) is 3.55. The van der Waals surface area contributed by atoms with E-state index in [4.69, 9.17) is 14.2 Å². The summed E-state index contributed by atoms with van der Waals surface area (Å²) >= 11 is 1.52. The van der Waals surface area contributed by atoms with E-state index in [0.29, 0.717) is 28.6 Å². The van der Waals surface area contributed by atoms with Crippen LogP contribution in [0.2, 0.25) is 0 Å². The highest BCUT2D eigenvalue weighted by Crippen LogP contribution is 2.29. The van der Waals surface area contributed by atoms with Crippen molar-refractivity contribution in [1.29, 1.82) is 0 Å². The number of ether oxygens (including phenoxy) is 3. The van der Waals surface area contributed by atoms with Crippen LogP contribution < -0.4 is 14.8 Å². The molecule has 0 aliphatic heterocycles. The van der Waals surface area contributed by atoms with Crippen molar-refractivity contribution in [1.82, 2.24) is 9.78 Å². The number of anilines is 1. The van der Waals surface area contributed by atoms with Gasteiger partial charge in [-0.05, 0) is 42.6 Å². The van der Waals surface area contributed by atoms with Gasteiger partial charge < -0.3 is 19.5 Å². The van der Waals surface area contributed by atoms with Gasteiger partial charge in [0.05, 0.1) is 30.5 Å². The van der Waals surface area contributed by atoms with Crippen LogP contribution in [-0.2, 0) is 9.53 Å². The van der Waals surface area contributed by atoms with Crippen LogP contribution in [0.4, 0.5) is 5.69 Å². The fraction of sp³-hybridized carbons (Fsp3) is 0.160. The largest absolute Gasteiger partial charge is 0.497 e. The first-order valence-corrected chi connectivity index (χ1v) is 11.3. The zero-order chi connectivity index (χ0) is 24.1. The van der Waals surface area contributed by atoms with Gasteiger partial charge in [-0.15, -0.1) is 11.3 Å². The summed E-state index contributed by atoms with van der Waals surface area (Å²) < 4.78 is 17.5. The highest BCUT2D eigenvalue weighted by atomic mass is 32.1. The standard InChI is InChI=1S/C25H23N3O5S/c1-16(24(29)26-19-14-18(31-2)11-12-22(19)32-3)33-25(30)21-15-20(23-10-7-13-34-23)27-28(21)17-8-5-4-6-9-17/h4-16H,1-3H3,(H,26,29). The van der Waals surface area contributed by atoms with Crippen molar-refractivity contribution >= 4 is 28.9 Å². The van der Waals surface area contributed by atoms with Gasteiger partial charge in [-0.25, -0.2) is 9.48 Å². The number of para-hydroxylation sites is 1. The average molecular weight is 478 g/mol. The van der Waals surface area contributed by atoms with E-state index in [1.807, 2.05) is 47.8 Å². The molecule has 0 spiro atoms.